The molecule has 1 aromatic rings. The molecule has 0 aliphatic carbocycles. The van der Waals surface area contributed by atoms with Gasteiger partial charge < -0.3 is 20.1 Å². The summed E-state index contributed by atoms with van der Waals surface area (Å²) in [7, 11) is 0. The van der Waals surface area contributed by atoms with Gasteiger partial charge in [0.05, 0.1) is 12.6 Å². The summed E-state index contributed by atoms with van der Waals surface area (Å²) in [5.41, 5.74) is 0.662. The molecular weight excluding hydrogens is 248 g/mol. The summed E-state index contributed by atoms with van der Waals surface area (Å²) in [5, 5.41) is 7.10. The van der Waals surface area contributed by atoms with Crippen LogP contribution < -0.4 is 20.1 Å². The maximum atomic E-state index is 6.08. The van der Waals surface area contributed by atoms with E-state index in [1.807, 2.05) is 26.0 Å². The number of nitrogens with one attached hydrogen (secondary N) is 2. The van der Waals surface area contributed by atoms with E-state index >= 15 is 0 Å². The summed E-state index contributed by atoms with van der Waals surface area (Å²) in [4.78, 5) is 0. The first-order valence-corrected chi connectivity index (χ1v) is 6.55. The van der Waals surface area contributed by atoms with Crippen LogP contribution in [-0.4, -0.2) is 17.4 Å². The lowest BCUT2D eigenvalue weighted by Gasteiger charge is -2.45. The van der Waals surface area contributed by atoms with Gasteiger partial charge in [0.1, 0.15) is 0 Å². The van der Waals surface area contributed by atoms with Gasteiger partial charge in [0, 0.05) is 12.0 Å². The third-order valence-electron chi connectivity index (χ3n) is 3.29. The molecule has 1 aromatic carbocycles. The normalized spacial score (nSPS) is 28.6. The van der Waals surface area contributed by atoms with Gasteiger partial charge in [0.25, 0.3) is 0 Å². The molecule has 0 unspecified atom stereocenters. The van der Waals surface area contributed by atoms with Gasteiger partial charge in [-0.1, -0.05) is 12.1 Å². The summed E-state index contributed by atoms with van der Waals surface area (Å²) in [5.74, 6) is 1.61. The number of benzene rings is 1. The molecule has 18 heavy (non-hydrogen) atoms. The van der Waals surface area contributed by atoms with Crippen molar-refractivity contribution in [1.82, 2.24) is 10.6 Å². The van der Waals surface area contributed by atoms with Gasteiger partial charge >= 0.3 is 0 Å². The van der Waals surface area contributed by atoms with Crippen molar-refractivity contribution >= 4 is 17.3 Å². The lowest BCUT2D eigenvalue weighted by molar-refractivity contribution is 0.0216. The third kappa shape index (κ3) is 1.79. The molecule has 2 N–H and O–H groups in total. The zero-order valence-corrected chi connectivity index (χ0v) is 11.3. The lowest BCUT2D eigenvalue weighted by atomic mass is 9.91. The number of para-hydroxylation sites is 1. The minimum Gasteiger partial charge on any atom is -0.490 e. The van der Waals surface area contributed by atoms with Crippen LogP contribution in [0.2, 0.25) is 0 Å². The average molecular weight is 264 g/mol. The van der Waals surface area contributed by atoms with Crippen LogP contribution >= 0.6 is 12.2 Å². The number of hydrogen-bond donors (Lipinski definition) is 2. The van der Waals surface area contributed by atoms with Crippen LogP contribution in [-0.2, 0) is 0 Å². The second-order valence-corrected chi connectivity index (χ2v) is 5.20. The topological polar surface area (TPSA) is 42.5 Å². The predicted octanol–water partition coefficient (Wildman–Crippen LogP) is 2.10. The Morgan fingerprint density at radius 2 is 2.39 bits per heavy atom. The van der Waals surface area contributed by atoms with E-state index in [2.05, 4.69) is 16.7 Å². The molecule has 5 heteroatoms. The van der Waals surface area contributed by atoms with E-state index in [1.54, 1.807) is 0 Å². The summed E-state index contributed by atoms with van der Waals surface area (Å²) in [6, 6.07) is 6.17. The number of ether oxygens (including phenoxy) is 2. The summed E-state index contributed by atoms with van der Waals surface area (Å²) < 4.78 is 11.7. The van der Waals surface area contributed by atoms with Crippen molar-refractivity contribution in [2.75, 3.05) is 6.61 Å². The second-order valence-electron chi connectivity index (χ2n) is 4.80. The first kappa shape index (κ1) is 11.6. The van der Waals surface area contributed by atoms with Gasteiger partial charge in [0.15, 0.2) is 22.3 Å². The molecule has 1 saturated heterocycles. The Balaban J connectivity index is 2.07. The van der Waals surface area contributed by atoms with E-state index in [9.17, 15) is 0 Å². The first-order valence-electron chi connectivity index (χ1n) is 6.15. The minimum atomic E-state index is -0.451. The number of hydrogen-bond acceptors (Lipinski definition) is 3. The quantitative estimate of drug-likeness (QED) is 0.801. The monoisotopic (exact) mass is 264 g/mol. The Hall–Kier alpha value is -1.49. The maximum Gasteiger partial charge on any atom is 0.182 e. The molecule has 2 aliphatic rings. The van der Waals surface area contributed by atoms with Crippen molar-refractivity contribution in [2.45, 2.75) is 32.0 Å². The Kier molecular flexibility index (Phi) is 2.59. The molecular formula is C13H16N2O2S. The summed E-state index contributed by atoms with van der Waals surface area (Å²) in [6.07, 6.45) is 0.843. The van der Waals surface area contributed by atoms with Crippen molar-refractivity contribution in [3.05, 3.63) is 23.8 Å². The predicted molar refractivity (Wildman–Crippen MR) is 72.9 cm³/mol. The molecule has 0 spiro atoms. The largest absolute Gasteiger partial charge is 0.490 e. The van der Waals surface area contributed by atoms with Crippen molar-refractivity contribution in [3.8, 4) is 11.5 Å². The van der Waals surface area contributed by atoms with Crippen molar-refractivity contribution in [1.29, 1.82) is 0 Å². The second kappa shape index (κ2) is 4.02. The van der Waals surface area contributed by atoms with Crippen molar-refractivity contribution < 1.29 is 9.47 Å². The molecule has 0 aromatic heterocycles. The molecule has 1 fully saturated rings. The van der Waals surface area contributed by atoms with E-state index in [-0.39, 0.29) is 6.04 Å². The fourth-order valence-corrected chi connectivity index (χ4v) is 2.95. The van der Waals surface area contributed by atoms with E-state index in [0.29, 0.717) is 11.7 Å². The molecule has 96 valence electrons. The van der Waals surface area contributed by atoms with E-state index in [0.717, 1.165) is 23.5 Å². The minimum absolute atomic E-state index is 0.188. The molecule has 2 aliphatic heterocycles. The van der Waals surface area contributed by atoms with Gasteiger partial charge in [0.2, 0.25) is 0 Å². The van der Waals surface area contributed by atoms with Gasteiger partial charge in [-0.25, -0.2) is 0 Å². The highest BCUT2D eigenvalue weighted by Crippen LogP contribution is 2.45. The first-order chi connectivity index (χ1) is 8.61. The van der Waals surface area contributed by atoms with Crippen LogP contribution in [0.3, 0.4) is 0 Å². The molecule has 0 amide bonds. The molecule has 2 atom stereocenters. The molecule has 4 nitrogen and oxygen atoms in total. The van der Waals surface area contributed by atoms with Crippen LogP contribution in [0.5, 0.6) is 11.5 Å². The summed E-state index contributed by atoms with van der Waals surface area (Å²) >= 11 is 5.21. The Morgan fingerprint density at radius 3 is 3.17 bits per heavy atom. The zero-order valence-electron chi connectivity index (χ0n) is 10.4. The molecule has 2 bridgehead atoms. The Morgan fingerprint density at radius 1 is 1.56 bits per heavy atom. The smallest absolute Gasteiger partial charge is 0.182 e. The standard InChI is InChI=1S/C13H16N2O2S/c1-3-16-10-6-4-5-8-9-7-13(2,17-11(8)10)15-12(18)14-9/h4-6,9H,3,7H2,1-2H3,(H2,14,15,18)/t9-,13-/m0/s1. The highest BCUT2D eigenvalue weighted by molar-refractivity contribution is 7.80. The van der Waals surface area contributed by atoms with Crippen LogP contribution in [0, 0.1) is 0 Å². The molecule has 0 radical (unpaired) electrons. The number of fused-ring (bicyclic) bond motifs is 4. The molecule has 2 heterocycles. The van der Waals surface area contributed by atoms with Crippen molar-refractivity contribution in [2.24, 2.45) is 0 Å². The van der Waals surface area contributed by atoms with Crippen LogP contribution in [0.4, 0.5) is 0 Å². The van der Waals surface area contributed by atoms with Crippen LogP contribution in [0.15, 0.2) is 18.2 Å². The van der Waals surface area contributed by atoms with Crippen LogP contribution in [0.25, 0.3) is 0 Å². The summed E-state index contributed by atoms with van der Waals surface area (Å²) in [6.45, 7) is 4.61. The Labute approximate surface area is 112 Å². The third-order valence-corrected chi connectivity index (χ3v) is 3.51. The average Bonchev–Trinajstić information content (AvgIpc) is 2.29. The Bertz CT molecular complexity index is 506. The van der Waals surface area contributed by atoms with E-state index in [1.165, 1.54) is 0 Å². The molecule has 3 rings (SSSR count). The van der Waals surface area contributed by atoms with Gasteiger partial charge in [-0.3, -0.25) is 0 Å². The van der Waals surface area contributed by atoms with E-state index < -0.39 is 5.72 Å². The number of thiocarbonyl (C=S) groups is 1. The maximum absolute atomic E-state index is 6.08. The highest BCUT2D eigenvalue weighted by Gasteiger charge is 2.43. The fraction of sp³-hybridized carbons (Fsp3) is 0.462. The highest BCUT2D eigenvalue weighted by atomic mass is 32.1. The zero-order chi connectivity index (χ0) is 12.8. The van der Waals surface area contributed by atoms with E-state index in [4.69, 9.17) is 21.7 Å². The SMILES string of the molecule is CCOc1cccc2c1O[C@@]1(C)C[C@@H]2NC(=S)N1. The lowest BCUT2D eigenvalue weighted by Crippen LogP contribution is -2.62. The van der Waals surface area contributed by atoms with Gasteiger partial charge in [-0.05, 0) is 32.1 Å². The number of rotatable bonds is 2. The van der Waals surface area contributed by atoms with Gasteiger partial charge in [-0.15, -0.1) is 0 Å². The van der Waals surface area contributed by atoms with Gasteiger partial charge in [-0.2, -0.15) is 0 Å². The van der Waals surface area contributed by atoms with Crippen LogP contribution in [0.1, 0.15) is 31.9 Å². The fourth-order valence-electron chi connectivity index (χ4n) is 2.59. The van der Waals surface area contributed by atoms with Crippen molar-refractivity contribution in [3.63, 3.8) is 0 Å². The molecule has 0 saturated carbocycles.